The van der Waals surface area contributed by atoms with Crippen molar-refractivity contribution in [1.29, 1.82) is 0 Å². The first-order valence-corrected chi connectivity index (χ1v) is 7.79. The Bertz CT molecular complexity index is 1100. The van der Waals surface area contributed by atoms with Crippen molar-refractivity contribution in [1.82, 2.24) is 9.88 Å². The monoisotopic (exact) mass is 370 g/mol. The van der Waals surface area contributed by atoms with Gasteiger partial charge in [0.2, 0.25) is 5.91 Å². The minimum atomic E-state index is -0.796. The summed E-state index contributed by atoms with van der Waals surface area (Å²) in [6.07, 6.45) is 0. The average molecular weight is 370 g/mol. The molecule has 1 heterocycles. The van der Waals surface area contributed by atoms with Gasteiger partial charge in [-0.2, -0.15) is 0 Å². The van der Waals surface area contributed by atoms with Crippen LogP contribution in [0, 0.1) is 10.1 Å². The summed E-state index contributed by atoms with van der Waals surface area (Å²) in [5.74, 6) is -1.54. The molecule has 2 amide bonds. The summed E-state index contributed by atoms with van der Waals surface area (Å²) in [5, 5.41) is 15.9. The molecule has 0 aliphatic rings. The molecule has 3 aromatic rings. The molecule has 0 radical (unpaired) electrons. The third-order valence-electron chi connectivity index (χ3n) is 3.82. The Balaban J connectivity index is 1.78. The third kappa shape index (κ3) is 3.68. The Morgan fingerprint density at radius 1 is 1.19 bits per heavy atom. The Kier molecular flexibility index (Phi) is 4.71. The highest BCUT2D eigenvalue weighted by Crippen LogP contribution is 2.20. The molecule has 0 unspecified atom stereocenters. The molecule has 10 heteroatoms. The highest BCUT2D eigenvalue weighted by atomic mass is 16.6. The van der Waals surface area contributed by atoms with Gasteiger partial charge in [0.05, 0.1) is 16.5 Å². The number of nitrogens with one attached hydrogen (secondary N) is 2. The predicted molar refractivity (Wildman–Crippen MR) is 95.6 cm³/mol. The number of nitrogens with zero attached hydrogens (tertiary/aromatic N) is 2. The number of benzene rings is 2. The number of anilines is 1. The number of aromatic nitrogens is 1. The van der Waals surface area contributed by atoms with E-state index in [1.807, 2.05) is 0 Å². The highest BCUT2D eigenvalue weighted by Gasteiger charge is 2.16. The lowest BCUT2D eigenvalue weighted by atomic mass is 10.2. The first kappa shape index (κ1) is 17.9. The van der Waals surface area contributed by atoms with Gasteiger partial charge in [-0.1, -0.05) is 0 Å². The highest BCUT2D eigenvalue weighted by molar-refractivity contribution is 5.95. The number of carbonyl (C=O) groups is 2. The van der Waals surface area contributed by atoms with Crippen molar-refractivity contribution in [3.8, 4) is 0 Å². The van der Waals surface area contributed by atoms with Gasteiger partial charge in [-0.25, -0.2) is 4.79 Å². The topological polar surface area (TPSA) is 136 Å². The number of non-ortho nitro benzene ring substituents is 1. The maximum absolute atomic E-state index is 12.2. The van der Waals surface area contributed by atoms with Crippen molar-refractivity contribution < 1.29 is 18.9 Å². The largest absolute Gasteiger partial charge is 0.420 e. The van der Waals surface area contributed by atoms with Gasteiger partial charge >= 0.3 is 5.76 Å². The minimum Gasteiger partial charge on any atom is -0.407 e. The van der Waals surface area contributed by atoms with Crippen LogP contribution in [0.5, 0.6) is 0 Å². The Morgan fingerprint density at radius 3 is 2.52 bits per heavy atom. The van der Waals surface area contributed by atoms with Crippen molar-refractivity contribution in [2.75, 3.05) is 12.4 Å². The molecule has 0 bridgehead atoms. The maximum atomic E-state index is 12.2. The molecule has 27 heavy (non-hydrogen) atoms. The van der Waals surface area contributed by atoms with Crippen LogP contribution < -0.4 is 16.4 Å². The zero-order valence-corrected chi connectivity index (χ0v) is 14.1. The van der Waals surface area contributed by atoms with Crippen LogP contribution in [0.15, 0.2) is 51.7 Å². The second kappa shape index (κ2) is 7.12. The molecule has 0 saturated heterocycles. The Labute approximate surface area is 151 Å². The van der Waals surface area contributed by atoms with Crippen molar-refractivity contribution in [2.24, 2.45) is 0 Å². The van der Waals surface area contributed by atoms with Gasteiger partial charge in [0.15, 0.2) is 5.58 Å². The van der Waals surface area contributed by atoms with E-state index < -0.39 is 16.6 Å². The van der Waals surface area contributed by atoms with Crippen molar-refractivity contribution >= 4 is 34.3 Å². The van der Waals surface area contributed by atoms with E-state index in [0.29, 0.717) is 11.3 Å². The first-order chi connectivity index (χ1) is 12.9. The number of hydrogen-bond acceptors (Lipinski definition) is 6. The van der Waals surface area contributed by atoms with Crippen LogP contribution in [-0.2, 0) is 11.3 Å². The van der Waals surface area contributed by atoms with Crippen molar-refractivity contribution in [3.63, 3.8) is 0 Å². The van der Waals surface area contributed by atoms with Gasteiger partial charge in [-0.3, -0.25) is 24.3 Å². The zero-order chi connectivity index (χ0) is 19.6. The van der Waals surface area contributed by atoms with E-state index in [1.165, 1.54) is 19.2 Å². The molecule has 2 N–H and O–H groups in total. The van der Waals surface area contributed by atoms with Gasteiger partial charge in [-0.15, -0.1) is 0 Å². The molecular weight excluding hydrogens is 356 g/mol. The number of rotatable bonds is 5. The van der Waals surface area contributed by atoms with Crippen LogP contribution in [-0.4, -0.2) is 28.4 Å². The van der Waals surface area contributed by atoms with Crippen LogP contribution in [0.4, 0.5) is 11.4 Å². The fourth-order valence-electron chi connectivity index (χ4n) is 2.51. The first-order valence-electron chi connectivity index (χ1n) is 7.79. The standard InChI is InChI=1S/C17H14N4O6/c1-18-16(23)10-2-4-11(5-3-10)19-15(22)9-20-13-7-6-12(21(25)26)8-14(13)27-17(20)24/h2-8H,9H2,1H3,(H,18,23)(H,19,22). The van der Waals surface area contributed by atoms with Crippen LogP contribution in [0.25, 0.3) is 11.1 Å². The van der Waals surface area contributed by atoms with Gasteiger partial charge in [0.25, 0.3) is 11.6 Å². The summed E-state index contributed by atoms with van der Waals surface area (Å²) in [5.41, 5.74) is 0.968. The van der Waals surface area contributed by atoms with E-state index in [1.54, 1.807) is 24.3 Å². The zero-order valence-electron chi connectivity index (χ0n) is 14.1. The molecule has 2 aromatic carbocycles. The van der Waals surface area contributed by atoms with Crippen LogP contribution in [0.2, 0.25) is 0 Å². The molecule has 138 valence electrons. The average Bonchev–Trinajstić information content (AvgIpc) is 2.96. The van der Waals surface area contributed by atoms with Crippen LogP contribution >= 0.6 is 0 Å². The fraction of sp³-hybridized carbons (Fsp3) is 0.118. The molecular formula is C17H14N4O6. The lowest BCUT2D eigenvalue weighted by molar-refractivity contribution is -0.384. The number of amides is 2. The van der Waals surface area contributed by atoms with E-state index in [-0.39, 0.29) is 29.2 Å². The smallest absolute Gasteiger partial charge is 0.407 e. The number of hydrogen-bond donors (Lipinski definition) is 2. The molecule has 0 saturated carbocycles. The summed E-state index contributed by atoms with van der Waals surface area (Å²) in [7, 11) is 1.51. The number of nitro benzene ring substituents is 1. The molecule has 0 aliphatic heterocycles. The second-order valence-electron chi connectivity index (χ2n) is 5.57. The number of carbonyl (C=O) groups excluding carboxylic acids is 2. The minimum absolute atomic E-state index is 0.0249. The quantitative estimate of drug-likeness (QED) is 0.516. The molecule has 3 rings (SSSR count). The SMILES string of the molecule is CNC(=O)c1ccc(NC(=O)Cn2c(=O)oc3cc([N+](=O)[O-])ccc32)cc1. The Morgan fingerprint density at radius 2 is 1.89 bits per heavy atom. The summed E-state index contributed by atoms with van der Waals surface area (Å²) in [6, 6.07) is 9.92. The van der Waals surface area contributed by atoms with Crippen molar-refractivity contribution in [3.05, 3.63) is 68.7 Å². The van der Waals surface area contributed by atoms with E-state index in [0.717, 1.165) is 10.6 Å². The van der Waals surface area contributed by atoms with E-state index >= 15 is 0 Å². The third-order valence-corrected chi connectivity index (χ3v) is 3.82. The fourth-order valence-corrected chi connectivity index (χ4v) is 2.51. The molecule has 0 atom stereocenters. The molecule has 0 aliphatic carbocycles. The van der Waals surface area contributed by atoms with E-state index in [4.69, 9.17) is 4.42 Å². The molecule has 10 nitrogen and oxygen atoms in total. The Hall–Kier alpha value is -3.95. The molecule has 0 spiro atoms. The van der Waals surface area contributed by atoms with Gasteiger partial charge < -0.3 is 15.1 Å². The second-order valence-corrected chi connectivity index (χ2v) is 5.57. The predicted octanol–water partition coefficient (Wildman–Crippen LogP) is 1.50. The van der Waals surface area contributed by atoms with Gasteiger partial charge in [-0.05, 0) is 30.3 Å². The lowest BCUT2D eigenvalue weighted by Gasteiger charge is -2.07. The summed E-state index contributed by atoms with van der Waals surface area (Å²) < 4.78 is 6.05. The maximum Gasteiger partial charge on any atom is 0.420 e. The number of oxazole rings is 1. The number of nitro groups is 1. The number of fused-ring (bicyclic) bond motifs is 1. The van der Waals surface area contributed by atoms with Crippen molar-refractivity contribution in [2.45, 2.75) is 6.54 Å². The lowest BCUT2D eigenvalue weighted by Crippen LogP contribution is -2.24. The summed E-state index contributed by atoms with van der Waals surface area (Å²) >= 11 is 0. The van der Waals surface area contributed by atoms with Gasteiger partial charge in [0, 0.05) is 24.4 Å². The normalized spacial score (nSPS) is 10.6. The van der Waals surface area contributed by atoms with E-state index in [9.17, 15) is 24.5 Å². The van der Waals surface area contributed by atoms with E-state index in [2.05, 4.69) is 10.6 Å². The van der Waals surface area contributed by atoms with Crippen LogP contribution in [0.3, 0.4) is 0 Å². The van der Waals surface area contributed by atoms with Gasteiger partial charge in [0.1, 0.15) is 6.54 Å². The summed E-state index contributed by atoms with van der Waals surface area (Å²) in [6.45, 7) is -0.332. The molecule has 0 fully saturated rings. The van der Waals surface area contributed by atoms with Crippen LogP contribution in [0.1, 0.15) is 10.4 Å². The summed E-state index contributed by atoms with van der Waals surface area (Å²) in [4.78, 5) is 45.9. The molecule has 1 aromatic heterocycles.